The lowest BCUT2D eigenvalue weighted by molar-refractivity contribution is -0.122. The first-order valence-corrected chi connectivity index (χ1v) is 16.4. The minimum Gasteiger partial charge on any atom is -0.493 e. The van der Waals surface area contributed by atoms with Crippen LogP contribution in [-0.2, 0) is 9.53 Å². The number of aromatic nitrogens is 2. The van der Waals surface area contributed by atoms with Gasteiger partial charge in [-0.25, -0.2) is 4.79 Å². The lowest BCUT2D eigenvalue weighted by Crippen LogP contribution is -2.38. The Balaban J connectivity index is 1.13. The number of carbonyl (C=O) groups is 2. The number of nitrogens with one attached hydrogen (secondary N) is 1. The molecule has 0 atom stereocenters. The van der Waals surface area contributed by atoms with E-state index in [2.05, 4.69) is 15.1 Å². The molecule has 0 radical (unpaired) electrons. The quantitative estimate of drug-likeness (QED) is 0.109. The zero-order chi connectivity index (χ0) is 32.8. The summed E-state index contributed by atoms with van der Waals surface area (Å²) in [4.78, 5) is 29.1. The van der Waals surface area contributed by atoms with E-state index < -0.39 is 5.97 Å². The third kappa shape index (κ3) is 7.76. The Morgan fingerprint density at radius 1 is 1.04 bits per heavy atom. The van der Waals surface area contributed by atoms with E-state index in [0.717, 1.165) is 66.2 Å². The standard InChI is InChI=1S/C34H34N4O7S2/c1-42-30-20-24(33(40)41)6-8-29(30)44-13-2-9-38-32(39)31(47-34(38)46)18-22-3-7-28(45-16-12-37-10-14-43-15-11-37)26(17-22)23-4-5-25-21-35-36-27(25)19-23/h3-8,17-21H,2,9-16H2,1H3,(H,35,36)(H,40,41). The van der Waals surface area contributed by atoms with E-state index in [-0.39, 0.29) is 18.1 Å². The van der Waals surface area contributed by atoms with E-state index in [4.69, 9.17) is 31.2 Å². The van der Waals surface area contributed by atoms with Gasteiger partial charge in [-0.3, -0.25) is 19.7 Å². The Morgan fingerprint density at radius 3 is 2.66 bits per heavy atom. The highest BCUT2D eigenvalue weighted by Gasteiger charge is 2.31. The molecule has 0 unspecified atom stereocenters. The van der Waals surface area contributed by atoms with Crippen LogP contribution in [0.4, 0.5) is 0 Å². The maximum atomic E-state index is 13.4. The fourth-order valence-electron chi connectivity index (χ4n) is 5.37. The number of nitrogens with zero attached hydrogens (tertiary/aromatic N) is 3. The van der Waals surface area contributed by atoms with Crippen molar-refractivity contribution in [2.24, 2.45) is 0 Å². The number of morpholine rings is 1. The number of thiocarbonyl (C=S) groups is 1. The van der Waals surface area contributed by atoms with Gasteiger partial charge in [0.15, 0.2) is 11.5 Å². The number of carboxylic acid groups (broad SMARTS) is 1. The van der Waals surface area contributed by atoms with Crippen molar-refractivity contribution in [3.63, 3.8) is 0 Å². The topological polar surface area (TPSA) is 126 Å². The minimum atomic E-state index is -1.05. The third-order valence-electron chi connectivity index (χ3n) is 7.89. The Kier molecular flexibility index (Phi) is 10.4. The van der Waals surface area contributed by atoms with Gasteiger partial charge in [0, 0.05) is 37.1 Å². The molecular formula is C34H34N4O7S2. The van der Waals surface area contributed by atoms with Crippen molar-refractivity contribution in [2.75, 3.05) is 59.7 Å². The number of amides is 1. The molecule has 11 nitrogen and oxygen atoms in total. The smallest absolute Gasteiger partial charge is 0.335 e. The molecule has 2 saturated heterocycles. The summed E-state index contributed by atoms with van der Waals surface area (Å²) in [6.07, 6.45) is 4.17. The van der Waals surface area contributed by atoms with Crippen molar-refractivity contribution >= 4 is 57.2 Å². The van der Waals surface area contributed by atoms with Crippen molar-refractivity contribution < 1.29 is 33.6 Å². The van der Waals surface area contributed by atoms with E-state index in [9.17, 15) is 14.7 Å². The number of carbonyl (C=O) groups excluding carboxylic acids is 1. The second-order valence-corrected chi connectivity index (χ2v) is 12.6. The second-order valence-electron chi connectivity index (χ2n) is 10.9. The molecule has 244 valence electrons. The lowest BCUT2D eigenvalue weighted by atomic mass is 10.0. The Bertz CT molecular complexity index is 1820. The number of aromatic amines is 1. The molecule has 13 heteroatoms. The van der Waals surface area contributed by atoms with Crippen LogP contribution in [0.5, 0.6) is 17.2 Å². The highest BCUT2D eigenvalue weighted by atomic mass is 32.2. The molecule has 6 rings (SSSR count). The van der Waals surface area contributed by atoms with Crippen LogP contribution in [0.15, 0.2) is 65.7 Å². The van der Waals surface area contributed by atoms with Crippen molar-refractivity contribution in [3.8, 4) is 28.4 Å². The fraction of sp³-hybridized carbons (Fsp3) is 0.294. The molecule has 0 bridgehead atoms. The van der Waals surface area contributed by atoms with Crippen LogP contribution in [0.2, 0.25) is 0 Å². The molecule has 2 aliphatic rings. The third-order valence-corrected chi connectivity index (χ3v) is 9.27. The van der Waals surface area contributed by atoms with Crippen LogP contribution >= 0.6 is 24.0 Å². The van der Waals surface area contributed by atoms with E-state index in [1.165, 1.54) is 31.0 Å². The average molecular weight is 675 g/mol. The molecule has 0 saturated carbocycles. The van der Waals surface area contributed by atoms with Gasteiger partial charge in [-0.2, -0.15) is 5.10 Å². The molecule has 0 spiro atoms. The van der Waals surface area contributed by atoms with E-state index in [0.29, 0.717) is 40.3 Å². The average Bonchev–Trinajstić information content (AvgIpc) is 3.66. The Hall–Kier alpha value is -4.43. The van der Waals surface area contributed by atoms with E-state index >= 15 is 0 Å². The summed E-state index contributed by atoms with van der Waals surface area (Å²) in [5.74, 6) is 0.313. The normalized spacial score (nSPS) is 16.3. The van der Waals surface area contributed by atoms with Crippen LogP contribution in [0, 0.1) is 0 Å². The zero-order valence-electron chi connectivity index (χ0n) is 25.8. The van der Waals surface area contributed by atoms with Gasteiger partial charge in [0.1, 0.15) is 16.7 Å². The monoisotopic (exact) mass is 674 g/mol. The SMILES string of the molecule is COc1cc(C(=O)O)ccc1OCCCN1C(=O)C(=Cc2ccc(OCCN3CCOCC3)c(-c3ccc4cn[nH]c4c3)c2)SC1=S. The molecule has 2 N–H and O–H groups in total. The number of ether oxygens (including phenoxy) is 4. The van der Waals surface area contributed by atoms with Gasteiger partial charge in [0.05, 0.1) is 49.1 Å². The van der Waals surface area contributed by atoms with Gasteiger partial charge < -0.3 is 24.1 Å². The second kappa shape index (κ2) is 15.0. The lowest BCUT2D eigenvalue weighted by Gasteiger charge is -2.26. The van der Waals surface area contributed by atoms with Crippen LogP contribution < -0.4 is 14.2 Å². The zero-order valence-corrected chi connectivity index (χ0v) is 27.4. The maximum Gasteiger partial charge on any atom is 0.335 e. The van der Waals surface area contributed by atoms with Crippen molar-refractivity contribution in [1.82, 2.24) is 20.0 Å². The van der Waals surface area contributed by atoms with Crippen LogP contribution in [0.3, 0.4) is 0 Å². The number of methoxy groups -OCH3 is 1. The number of fused-ring (bicyclic) bond motifs is 1. The Morgan fingerprint density at radius 2 is 1.85 bits per heavy atom. The van der Waals surface area contributed by atoms with Gasteiger partial charge in [-0.1, -0.05) is 42.2 Å². The van der Waals surface area contributed by atoms with E-state index in [1.807, 2.05) is 42.5 Å². The predicted molar refractivity (Wildman–Crippen MR) is 184 cm³/mol. The summed E-state index contributed by atoms with van der Waals surface area (Å²) < 4.78 is 23.3. The maximum absolute atomic E-state index is 13.4. The molecule has 2 fully saturated rings. The number of benzene rings is 3. The molecule has 47 heavy (non-hydrogen) atoms. The van der Waals surface area contributed by atoms with Gasteiger partial charge in [-0.05, 0) is 60.0 Å². The molecule has 0 aliphatic carbocycles. The van der Waals surface area contributed by atoms with Crippen LogP contribution in [0.1, 0.15) is 22.3 Å². The number of hydrogen-bond donors (Lipinski definition) is 2. The summed E-state index contributed by atoms with van der Waals surface area (Å²) in [6.45, 7) is 5.29. The largest absolute Gasteiger partial charge is 0.493 e. The molecule has 4 aromatic rings. The molecule has 3 aromatic carbocycles. The number of rotatable bonds is 13. The molecule has 1 amide bonds. The van der Waals surface area contributed by atoms with Crippen molar-refractivity contribution in [3.05, 3.63) is 76.8 Å². The highest BCUT2D eigenvalue weighted by Crippen LogP contribution is 2.37. The number of H-pyrrole nitrogens is 1. The van der Waals surface area contributed by atoms with Gasteiger partial charge in [-0.15, -0.1) is 0 Å². The molecule has 1 aromatic heterocycles. The summed E-state index contributed by atoms with van der Waals surface area (Å²) in [6, 6.07) is 16.5. The van der Waals surface area contributed by atoms with Crippen LogP contribution in [-0.4, -0.2) is 101 Å². The summed E-state index contributed by atoms with van der Waals surface area (Å²) in [7, 11) is 1.45. The van der Waals surface area contributed by atoms with Gasteiger partial charge >= 0.3 is 5.97 Å². The first kappa shape index (κ1) is 32.5. The highest BCUT2D eigenvalue weighted by molar-refractivity contribution is 8.26. The number of carboxylic acids is 1. The summed E-state index contributed by atoms with van der Waals surface area (Å²) in [5, 5.41) is 17.4. The predicted octanol–water partition coefficient (Wildman–Crippen LogP) is 5.32. The summed E-state index contributed by atoms with van der Waals surface area (Å²) >= 11 is 6.84. The Labute approximate surface area is 281 Å². The van der Waals surface area contributed by atoms with Crippen molar-refractivity contribution in [2.45, 2.75) is 6.42 Å². The number of hydrogen-bond acceptors (Lipinski definition) is 10. The van der Waals surface area contributed by atoms with Crippen LogP contribution in [0.25, 0.3) is 28.1 Å². The first-order valence-electron chi connectivity index (χ1n) is 15.2. The van der Waals surface area contributed by atoms with Crippen molar-refractivity contribution in [1.29, 1.82) is 0 Å². The summed E-state index contributed by atoms with van der Waals surface area (Å²) in [5.41, 5.74) is 3.77. The number of aromatic carboxylic acids is 1. The van der Waals surface area contributed by atoms with Gasteiger partial charge in [0.2, 0.25) is 0 Å². The minimum absolute atomic E-state index is 0.107. The first-order chi connectivity index (χ1) is 22.9. The molecule has 3 heterocycles. The van der Waals surface area contributed by atoms with Gasteiger partial charge in [0.25, 0.3) is 5.91 Å². The fourth-order valence-corrected chi connectivity index (χ4v) is 6.68. The number of thioether (sulfide) groups is 1. The molecule has 2 aliphatic heterocycles. The van der Waals surface area contributed by atoms with E-state index in [1.54, 1.807) is 17.2 Å². The molecular weight excluding hydrogens is 641 g/mol.